The Morgan fingerprint density at radius 3 is 2.57 bits per heavy atom. The molecule has 1 aromatic rings. The van der Waals surface area contributed by atoms with E-state index in [0.29, 0.717) is 21.2 Å². The van der Waals surface area contributed by atoms with E-state index in [1.165, 1.54) is 25.7 Å². The van der Waals surface area contributed by atoms with Crippen LogP contribution in [-0.2, 0) is 10.0 Å². The average molecular weight is 437 g/mol. The Kier molecular flexibility index (Phi) is 4.52. The fraction of sp³-hybridized carbons (Fsp3) is 0.600. The van der Waals surface area contributed by atoms with Gasteiger partial charge in [0.15, 0.2) is 0 Å². The van der Waals surface area contributed by atoms with Crippen LogP contribution < -0.4 is 4.72 Å². The molecule has 0 radical (unpaired) electrons. The summed E-state index contributed by atoms with van der Waals surface area (Å²) in [6, 6.07) is 5.14. The Bertz CT molecular complexity index is 647. The number of hydrogen-bond acceptors (Lipinski definition) is 2. The van der Waals surface area contributed by atoms with Gasteiger partial charge >= 0.3 is 0 Å². The van der Waals surface area contributed by atoms with Gasteiger partial charge in [0.1, 0.15) is 0 Å². The summed E-state index contributed by atoms with van der Waals surface area (Å²) in [5.41, 5.74) is 0. The van der Waals surface area contributed by atoms with Gasteiger partial charge in [-0.25, -0.2) is 13.1 Å². The Labute approximate surface area is 143 Å². The van der Waals surface area contributed by atoms with Gasteiger partial charge in [-0.05, 0) is 78.1 Å². The molecule has 1 aromatic carbocycles. The fourth-order valence-corrected chi connectivity index (χ4v) is 7.04. The summed E-state index contributed by atoms with van der Waals surface area (Å²) in [7, 11) is -3.48. The highest BCUT2D eigenvalue weighted by Gasteiger charge is 2.42. The Hall–Kier alpha value is 0.0900. The summed E-state index contributed by atoms with van der Waals surface area (Å²) < 4.78 is 29.5. The Morgan fingerprint density at radius 1 is 1.24 bits per heavy atom. The molecule has 3 rings (SSSR count). The van der Waals surface area contributed by atoms with Crippen LogP contribution in [0, 0.1) is 17.8 Å². The predicted molar refractivity (Wildman–Crippen MR) is 90.6 cm³/mol. The van der Waals surface area contributed by atoms with E-state index in [1.54, 1.807) is 18.2 Å². The summed E-state index contributed by atoms with van der Waals surface area (Å²) >= 11 is 6.68. The maximum Gasteiger partial charge on any atom is 0.241 e. The molecule has 1 N–H and O–H groups in total. The van der Waals surface area contributed by atoms with Crippen molar-refractivity contribution >= 4 is 41.9 Å². The minimum atomic E-state index is -3.48. The van der Waals surface area contributed by atoms with E-state index in [9.17, 15) is 8.42 Å². The molecule has 2 aliphatic rings. The van der Waals surface area contributed by atoms with E-state index in [1.807, 2.05) is 6.92 Å². The van der Waals surface area contributed by atoms with Gasteiger partial charge < -0.3 is 0 Å². The zero-order chi connectivity index (χ0) is 15.2. The van der Waals surface area contributed by atoms with Gasteiger partial charge in [0.25, 0.3) is 0 Å². The van der Waals surface area contributed by atoms with Crippen LogP contribution in [-0.4, -0.2) is 14.5 Å². The third-order valence-corrected chi connectivity index (χ3v) is 7.99. The molecule has 2 fully saturated rings. The number of sulfonamides is 1. The summed E-state index contributed by atoms with van der Waals surface area (Å²) in [6.45, 7) is 2.01. The summed E-state index contributed by atoms with van der Waals surface area (Å²) in [5, 5.41) is 0. The van der Waals surface area contributed by atoms with Crippen molar-refractivity contribution in [3.63, 3.8) is 0 Å². The minimum Gasteiger partial charge on any atom is -0.208 e. The van der Waals surface area contributed by atoms with E-state index in [-0.39, 0.29) is 6.04 Å². The lowest BCUT2D eigenvalue weighted by Gasteiger charge is -2.28. The fourth-order valence-electron chi connectivity index (χ4n) is 4.00. The number of benzene rings is 1. The van der Waals surface area contributed by atoms with Crippen LogP contribution in [0.5, 0.6) is 0 Å². The SMILES string of the molecule is C[C@H](NS(=O)(=O)c1ccc(Br)cc1Br)[C@H]1C[C@H]2CC[C@H]1C2. The molecular formula is C15H19Br2NO2S. The van der Waals surface area contributed by atoms with Crippen LogP contribution in [0.15, 0.2) is 32.0 Å². The molecule has 0 heterocycles. The molecule has 0 amide bonds. The first-order valence-electron chi connectivity index (χ1n) is 7.34. The minimum absolute atomic E-state index is 0.000784. The highest BCUT2D eigenvalue weighted by Crippen LogP contribution is 2.49. The van der Waals surface area contributed by atoms with Crippen LogP contribution in [0.4, 0.5) is 0 Å². The molecule has 2 aliphatic carbocycles. The molecule has 21 heavy (non-hydrogen) atoms. The topological polar surface area (TPSA) is 46.2 Å². The summed E-state index contributed by atoms with van der Waals surface area (Å²) in [5.74, 6) is 2.03. The predicted octanol–water partition coefficient (Wildman–Crippen LogP) is 4.31. The molecule has 0 spiro atoms. The molecule has 0 aliphatic heterocycles. The highest BCUT2D eigenvalue weighted by atomic mass is 79.9. The van der Waals surface area contributed by atoms with E-state index < -0.39 is 10.0 Å². The quantitative estimate of drug-likeness (QED) is 0.763. The average Bonchev–Trinajstić information content (AvgIpc) is 2.99. The normalized spacial score (nSPS) is 29.8. The molecule has 3 nitrogen and oxygen atoms in total. The standard InChI is InChI=1S/C15H19Br2NO2S/c1-9(13-7-10-2-3-11(13)6-10)18-21(19,20)15-5-4-12(16)8-14(15)17/h4-5,8-11,13,18H,2-3,6-7H2,1H3/t9-,10-,11-,13+/m0/s1. The maximum atomic E-state index is 12.6. The summed E-state index contributed by atoms with van der Waals surface area (Å²) in [4.78, 5) is 0.306. The van der Waals surface area contributed by atoms with Gasteiger partial charge in [-0.15, -0.1) is 0 Å². The smallest absolute Gasteiger partial charge is 0.208 e. The van der Waals surface area contributed by atoms with E-state index in [2.05, 4.69) is 36.6 Å². The first-order chi connectivity index (χ1) is 9.87. The van der Waals surface area contributed by atoms with E-state index in [4.69, 9.17) is 0 Å². The van der Waals surface area contributed by atoms with Crippen molar-refractivity contribution in [2.75, 3.05) is 0 Å². The van der Waals surface area contributed by atoms with Crippen molar-refractivity contribution in [1.29, 1.82) is 0 Å². The number of nitrogens with one attached hydrogen (secondary N) is 1. The molecule has 0 aromatic heterocycles. The lowest BCUT2D eigenvalue weighted by molar-refractivity contribution is 0.280. The maximum absolute atomic E-state index is 12.6. The van der Waals surface area contributed by atoms with Gasteiger partial charge in [-0.2, -0.15) is 0 Å². The van der Waals surface area contributed by atoms with Crippen molar-refractivity contribution in [3.05, 3.63) is 27.1 Å². The molecular weight excluding hydrogens is 418 g/mol. The molecule has 4 atom stereocenters. The highest BCUT2D eigenvalue weighted by molar-refractivity contribution is 9.11. The second kappa shape index (κ2) is 5.95. The van der Waals surface area contributed by atoms with Crippen molar-refractivity contribution in [3.8, 4) is 0 Å². The zero-order valence-electron chi connectivity index (χ0n) is 11.9. The van der Waals surface area contributed by atoms with E-state index in [0.717, 1.165) is 10.4 Å². The first kappa shape index (κ1) is 16.0. The van der Waals surface area contributed by atoms with Gasteiger partial charge in [-0.3, -0.25) is 0 Å². The third kappa shape index (κ3) is 3.23. The van der Waals surface area contributed by atoms with Crippen LogP contribution in [0.3, 0.4) is 0 Å². The van der Waals surface area contributed by atoms with Crippen LogP contribution in [0.25, 0.3) is 0 Å². The molecule has 2 bridgehead atoms. The Morgan fingerprint density at radius 2 is 2.00 bits per heavy atom. The summed E-state index contributed by atoms with van der Waals surface area (Å²) in [6.07, 6.45) is 5.07. The molecule has 116 valence electrons. The van der Waals surface area contributed by atoms with Crippen LogP contribution in [0.1, 0.15) is 32.6 Å². The van der Waals surface area contributed by atoms with Crippen molar-refractivity contribution in [2.45, 2.75) is 43.5 Å². The van der Waals surface area contributed by atoms with Crippen LogP contribution >= 0.6 is 31.9 Å². The van der Waals surface area contributed by atoms with Crippen molar-refractivity contribution in [1.82, 2.24) is 4.72 Å². The van der Waals surface area contributed by atoms with Crippen molar-refractivity contribution in [2.24, 2.45) is 17.8 Å². The number of rotatable bonds is 4. The monoisotopic (exact) mass is 435 g/mol. The largest absolute Gasteiger partial charge is 0.241 e. The zero-order valence-corrected chi connectivity index (χ0v) is 15.8. The second-order valence-corrected chi connectivity index (χ2v) is 9.78. The Balaban J connectivity index is 1.76. The third-order valence-electron chi connectivity index (χ3n) is 4.96. The van der Waals surface area contributed by atoms with Crippen molar-refractivity contribution < 1.29 is 8.42 Å². The van der Waals surface area contributed by atoms with Gasteiger partial charge in [0.2, 0.25) is 10.0 Å². The first-order valence-corrected chi connectivity index (χ1v) is 10.4. The number of halogens is 2. The number of hydrogen-bond donors (Lipinski definition) is 1. The molecule has 0 unspecified atom stereocenters. The number of fused-ring (bicyclic) bond motifs is 2. The lowest BCUT2D eigenvalue weighted by Crippen LogP contribution is -2.40. The lowest BCUT2D eigenvalue weighted by atomic mass is 9.84. The van der Waals surface area contributed by atoms with E-state index >= 15 is 0 Å². The molecule has 6 heteroatoms. The molecule has 2 saturated carbocycles. The van der Waals surface area contributed by atoms with Gasteiger partial charge in [0, 0.05) is 15.0 Å². The second-order valence-electron chi connectivity index (χ2n) is 6.32. The van der Waals surface area contributed by atoms with Crippen LogP contribution in [0.2, 0.25) is 0 Å². The van der Waals surface area contributed by atoms with Gasteiger partial charge in [-0.1, -0.05) is 22.4 Å². The molecule has 0 saturated heterocycles. The van der Waals surface area contributed by atoms with Gasteiger partial charge in [0.05, 0.1) is 4.90 Å².